The average Bonchev–Trinajstić information content (AvgIpc) is 2.09. The van der Waals surface area contributed by atoms with E-state index in [-0.39, 0.29) is 17.0 Å². The number of nitrogens with two attached hydrogens (primary N) is 2. The molecule has 0 saturated heterocycles. The van der Waals surface area contributed by atoms with Crippen LogP contribution in [-0.4, -0.2) is 10.2 Å². The maximum atomic E-state index is 11.0. The molecule has 0 aliphatic rings. The molecular formula is C7H9N4O3P. The van der Waals surface area contributed by atoms with Crippen LogP contribution < -0.4 is 16.1 Å². The summed E-state index contributed by atoms with van der Waals surface area (Å²) in [5.41, 5.74) is 9.65. The van der Waals surface area contributed by atoms with E-state index in [1.165, 1.54) is 6.07 Å². The highest BCUT2D eigenvalue weighted by molar-refractivity contribution is 7.60. The standard InChI is InChI=1S/C7H9N4O3P/c8-3-4-6(12)2-1-5(7(4)13)11-15(9,10)14/h1-2,12-13H,(H5,9,10,11,14). The predicted molar refractivity (Wildman–Crippen MR) is 54.1 cm³/mol. The Morgan fingerprint density at radius 1 is 1.40 bits per heavy atom. The second kappa shape index (κ2) is 3.79. The quantitative estimate of drug-likeness (QED) is 0.280. The number of phenols is 2. The van der Waals surface area contributed by atoms with Gasteiger partial charge in [0.1, 0.15) is 17.4 Å². The van der Waals surface area contributed by atoms with E-state index in [4.69, 9.17) is 16.3 Å². The minimum absolute atomic E-state index is 0.0716. The zero-order valence-electron chi connectivity index (χ0n) is 7.51. The third kappa shape index (κ3) is 2.60. The number of phenolic OH excluding ortho intramolecular Hbond substituents is 2. The molecular weight excluding hydrogens is 219 g/mol. The number of aromatic hydroxyl groups is 2. The van der Waals surface area contributed by atoms with Crippen molar-refractivity contribution in [2.45, 2.75) is 0 Å². The first-order chi connectivity index (χ1) is 6.85. The van der Waals surface area contributed by atoms with Crippen molar-refractivity contribution in [2.24, 2.45) is 11.0 Å². The van der Waals surface area contributed by atoms with Crippen LogP contribution in [0.3, 0.4) is 0 Å². The van der Waals surface area contributed by atoms with Crippen LogP contribution in [0.1, 0.15) is 5.56 Å². The van der Waals surface area contributed by atoms with E-state index in [0.717, 1.165) is 6.07 Å². The van der Waals surface area contributed by atoms with Gasteiger partial charge in [0.15, 0.2) is 5.75 Å². The Bertz CT molecular complexity index is 476. The van der Waals surface area contributed by atoms with Crippen LogP contribution in [0.4, 0.5) is 5.69 Å². The number of nitriles is 1. The second-order valence-corrected chi connectivity index (χ2v) is 4.43. The van der Waals surface area contributed by atoms with Crippen LogP contribution in [-0.2, 0) is 4.57 Å². The van der Waals surface area contributed by atoms with Crippen LogP contribution in [0, 0.1) is 11.3 Å². The minimum atomic E-state index is -3.56. The van der Waals surface area contributed by atoms with Crippen molar-refractivity contribution in [3.8, 4) is 17.6 Å². The Kier molecular flexibility index (Phi) is 2.86. The van der Waals surface area contributed by atoms with E-state index in [1.807, 2.05) is 0 Å². The third-order valence-electron chi connectivity index (χ3n) is 1.56. The van der Waals surface area contributed by atoms with Crippen LogP contribution in [0.25, 0.3) is 0 Å². The monoisotopic (exact) mass is 228 g/mol. The van der Waals surface area contributed by atoms with Gasteiger partial charge in [-0.3, -0.25) is 15.6 Å². The molecule has 0 spiro atoms. The van der Waals surface area contributed by atoms with Crippen LogP contribution >= 0.6 is 7.59 Å². The third-order valence-corrected chi connectivity index (χ3v) is 2.15. The van der Waals surface area contributed by atoms with Gasteiger partial charge in [-0.05, 0) is 12.1 Å². The molecule has 1 rings (SSSR count). The normalized spacial score (nSPS) is 10.7. The van der Waals surface area contributed by atoms with Crippen molar-refractivity contribution in [3.63, 3.8) is 0 Å². The van der Waals surface area contributed by atoms with Crippen molar-refractivity contribution < 1.29 is 14.8 Å². The molecule has 0 fully saturated rings. The molecule has 0 radical (unpaired) electrons. The van der Waals surface area contributed by atoms with E-state index in [1.54, 1.807) is 6.07 Å². The Morgan fingerprint density at radius 2 is 2.00 bits per heavy atom. The molecule has 0 heterocycles. The lowest BCUT2D eigenvalue weighted by Gasteiger charge is -2.12. The van der Waals surface area contributed by atoms with Crippen molar-refractivity contribution in [1.29, 1.82) is 5.26 Å². The highest BCUT2D eigenvalue weighted by Gasteiger charge is 2.16. The molecule has 0 aliphatic heterocycles. The molecule has 0 bridgehead atoms. The predicted octanol–water partition coefficient (Wildman–Crippen LogP) is 0.407. The van der Waals surface area contributed by atoms with Gasteiger partial charge in [-0.1, -0.05) is 0 Å². The number of hydrogen-bond donors (Lipinski definition) is 5. The van der Waals surface area contributed by atoms with Crippen LogP contribution in [0.15, 0.2) is 12.1 Å². The molecule has 7 nitrogen and oxygen atoms in total. The van der Waals surface area contributed by atoms with Gasteiger partial charge in [-0.15, -0.1) is 0 Å². The average molecular weight is 228 g/mol. The van der Waals surface area contributed by atoms with E-state index < -0.39 is 13.3 Å². The largest absolute Gasteiger partial charge is 0.506 e. The summed E-state index contributed by atoms with van der Waals surface area (Å²) in [5.74, 6) is -0.932. The summed E-state index contributed by atoms with van der Waals surface area (Å²) in [5, 5.41) is 29.4. The van der Waals surface area contributed by atoms with E-state index in [9.17, 15) is 14.8 Å². The number of hydrogen-bond acceptors (Lipinski definition) is 4. The van der Waals surface area contributed by atoms with Crippen LogP contribution in [0.5, 0.6) is 11.5 Å². The molecule has 0 atom stereocenters. The molecule has 0 amide bonds. The summed E-state index contributed by atoms with van der Waals surface area (Å²) in [4.78, 5) is 0. The fraction of sp³-hybridized carbons (Fsp3) is 0. The number of anilines is 1. The molecule has 7 N–H and O–H groups in total. The fourth-order valence-electron chi connectivity index (χ4n) is 0.969. The molecule has 8 heteroatoms. The Hall–Kier alpha value is -1.74. The number of nitrogens with one attached hydrogen (secondary N) is 1. The molecule has 0 unspecified atom stereocenters. The van der Waals surface area contributed by atoms with E-state index >= 15 is 0 Å². The Balaban J connectivity index is 3.24. The molecule has 0 aliphatic carbocycles. The first kappa shape index (κ1) is 11.3. The van der Waals surface area contributed by atoms with Gasteiger partial charge < -0.3 is 15.3 Å². The van der Waals surface area contributed by atoms with Gasteiger partial charge >= 0.3 is 0 Å². The van der Waals surface area contributed by atoms with Gasteiger partial charge in [-0.2, -0.15) is 5.26 Å². The molecule has 0 saturated carbocycles. The highest BCUT2D eigenvalue weighted by atomic mass is 31.2. The van der Waals surface area contributed by atoms with E-state index in [2.05, 4.69) is 5.09 Å². The summed E-state index contributed by atoms with van der Waals surface area (Å²) in [6.07, 6.45) is 0. The number of nitrogens with zero attached hydrogens (tertiary/aromatic N) is 1. The SMILES string of the molecule is N#Cc1c(O)ccc(NP(N)(N)=O)c1O. The van der Waals surface area contributed by atoms with Gasteiger partial charge in [0.05, 0.1) is 5.69 Å². The number of benzene rings is 1. The Labute approximate surface area is 85.5 Å². The lowest BCUT2D eigenvalue weighted by Crippen LogP contribution is -2.13. The van der Waals surface area contributed by atoms with Gasteiger partial charge in [0, 0.05) is 0 Å². The molecule has 1 aromatic rings. The maximum absolute atomic E-state index is 11.0. The topological polar surface area (TPSA) is 145 Å². The molecule has 80 valence electrons. The molecule has 15 heavy (non-hydrogen) atoms. The fourth-order valence-corrected chi connectivity index (χ4v) is 1.53. The molecule has 0 aromatic heterocycles. The first-order valence-electron chi connectivity index (χ1n) is 3.75. The van der Waals surface area contributed by atoms with Crippen molar-refractivity contribution in [3.05, 3.63) is 17.7 Å². The first-order valence-corrected chi connectivity index (χ1v) is 5.60. The van der Waals surface area contributed by atoms with Gasteiger partial charge in [0.25, 0.3) is 7.59 Å². The minimum Gasteiger partial charge on any atom is -0.506 e. The lowest BCUT2D eigenvalue weighted by atomic mass is 10.1. The van der Waals surface area contributed by atoms with Crippen LogP contribution in [0.2, 0.25) is 0 Å². The van der Waals surface area contributed by atoms with Crippen molar-refractivity contribution in [2.75, 3.05) is 5.09 Å². The maximum Gasteiger partial charge on any atom is 0.298 e. The highest BCUT2D eigenvalue weighted by Crippen LogP contribution is 2.38. The summed E-state index contributed by atoms with van der Waals surface area (Å²) in [7, 11) is -3.56. The van der Waals surface area contributed by atoms with E-state index in [0.29, 0.717) is 0 Å². The molecule has 1 aromatic carbocycles. The van der Waals surface area contributed by atoms with Crippen molar-refractivity contribution in [1.82, 2.24) is 0 Å². The smallest absolute Gasteiger partial charge is 0.298 e. The summed E-state index contributed by atoms with van der Waals surface area (Å²) in [6.45, 7) is 0. The zero-order chi connectivity index (χ0) is 11.6. The van der Waals surface area contributed by atoms with Gasteiger partial charge in [0.2, 0.25) is 0 Å². The Morgan fingerprint density at radius 3 is 2.47 bits per heavy atom. The second-order valence-electron chi connectivity index (χ2n) is 2.79. The number of rotatable bonds is 2. The zero-order valence-corrected chi connectivity index (χ0v) is 8.40. The summed E-state index contributed by atoms with van der Waals surface area (Å²) in [6, 6.07) is 3.93. The lowest BCUT2D eigenvalue weighted by molar-refractivity contribution is 0.449. The van der Waals surface area contributed by atoms with Crippen molar-refractivity contribution >= 4 is 13.3 Å². The summed E-state index contributed by atoms with van der Waals surface area (Å²) < 4.78 is 11.0. The van der Waals surface area contributed by atoms with Gasteiger partial charge in [-0.25, -0.2) is 0 Å². The summed E-state index contributed by atoms with van der Waals surface area (Å²) >= 11 is 0.